The highest BCUT2D eigenvalue weighted by Gasteiger charge is 2.33. The summed E-state index contributed by atoms with van der Waals surface area (Å²) in [7, 11) is 0. The number of rotatable bonds is 9. The number of benzene rings is 3. The highest BCUT2D eigenvalue weighted by Crippen LogP contribution is 2.36. The van der Waals surface area contributed by atoms with Crippen molar-refractivity contribution >= 4 is 45.8 Å². The summed E-state index contributed by atoms with van der Waals surface area (Å²) in [5.41, 5.74) is 1.50. The maximum absolute atomic E-state index is 13.7. The molecule has 7 nitrogen and oxygen atoms in total. The molecular formula is C29H27ClIN3O4. The number of ether oxygens (including phenoxy) is 1. The van der Waals surface area contributed by atoms with Crippen LogP contribution >= 0.6 is 34.2 Å². The molecule has 5 rings (SSSR count). The van der Waals surface area contributed by atoms with Gasteiger partial charge in [-0.05, 0) is 89.4 Å². The molecule has 1 aliphatic rings. The van der Waals surface area contributed by atoms with Crippen LogP contribution in [0.25, 0.3) is 11.3 Å². The standard InChI is InChI=1S/C29H27ClIN3O4/c1-17(19-5-3-2-4-6-19)26(27(35)32-24-14-11-21(31)15-23(24)30)34-28(36)25(33-29(34)37)20-9-12-22(13-10-20)38-16-18-7-8-18/h2-6,9-15,17-18,26,36H,7-8,16H2,1H3,(H,32,35)(H,33,37)/t17-,26-/m0/s1. The molecule has 1 amide bonds. The van der Waals surface area contributed by atoms with Gasteiger partial charge in [0.25, 0.3) is 0 Å². The lowest BCUT2D eigenvalue weighted by atomic mass is 9.92. The first-order chi connectivity index (χ1) is 18.3. The number of aromatic amines is 1. The van der Waals surface area contributed by atoms with Crippen molar-refractivity contribution in [1.29, 1.82) is 0 Å². The van der Waals surface area contributed by atoms with E-state index >= 15 is 0 Å². The first-order valence-electron chi connectivity index (χ1n) is 12.4. The third-order valence-corrected chi connectivity index (χ3v) is 7.75. The molecule has 4 aromatic rings. The molecule has 1 aromatic heterocycles. The van der Waals surface area contributed by atoms with Gasteiger partial charge in [-0.25, -0.2) is 9.36 Å². The maximum atomic E-state index is 13.7. The molecule has 3 N–H and O–H groups in total. The summed E-state index contributed by atoms with van der Waals surface area (Å²) in [5.74, 6) is 0.109. The summed E-state index contributed by atoms with van der Waals surface area (Å²) < 4.78 is 7.84. The minimum absolute atomic E-state index is 0.231. The lowest BCUT2D eigenvalue weighted by Crippen LogP contribution is -2.35. The summed E-state index contributed by atoms with van der Waals surface area (Å²) >= 11 is 8.51. The number of amides is 1. The van der Waals surface area contributed by atoms with E-state index in [4.69, 9.17) is 16.3 Å². The number of hydrogen-bond donors (Lipinski definition) is 3. The monoisotopic (exact) mass is 643 g/mol. The van der Waals surface area contributed by atoms with Crippen molar-refractivity contribution in [2.75, 3.05) is 11.9 Å². The van der Waals surface area contributed by atoms with Crippen LogP contribution in [0.4, 0.5) is 5.69 Å². The molecule has 0 aliphatic heterocycles. The van der Waals surface area contributed by atoms with Crippen molar-refractivity contribution < 1.29 is 14.6 Å². The van der Waals surface area contributed by atoms with Gasteiger partial charge in [0.2, 0.25) is 11.8 Å². The molecule has 9 heteroatoms. The minimum Gasteiger partial charge on any atom is -0.493 e. The number of imidazole rings is 1. The predicted octanol–water partition coefficient (Wildman–Crippen LogP) is 6.58. The zero-order valence-corrected chi connectivity index (χ0v) is 23.6. The van der Waals surface area contributed by atoms with E-state index in [0.717, 1.165) is 19.5 Å². The number of H-pyrrole nitrogens is 1. The molecule has 3 aromatic carbocycles. The zero-order valence-electron chi connectivity index (χ0n) is 20.7. The number of nitrogens with one attached hydrogen (secondary N) is 2. The second kappa shape index (κ2) is 11.2. The van der Waals surface area contributed by atoms with Crippen molar-refractivity contribution in [1.82, 2.24) is 9.55 Å². The number of hydrogen-bond acceptors (Lipinski definition) is 4. The fraction of sp³-hybridized carbons (Fsp3) is 0.241. The van der Waals surface area contributed by atoms with Crippen LogP contribution in [0.2, 0.25) is 5.02 Å². The largest absolute Gasteiger partial charge is 0.493 e. The first kappa shape index (κ1) is 26.4. The fourth-order valence-corrected chi connectivity index (χ4v) is 5.32. The van der Waals surface area contributed by atoms with E-state index in [1.54, 1.807) is 24.3 Å². The van der Waals surface area contributed by atoms with Gasteiger partial charge < -0.3 is 20.1 Å². The van der Waals surface area contributed by atoms with E-state index in [1.165, 1.54) is 12.8 Å². The Bertz CT molecular complexity index is 1500. The first-order valence-corrected chi connectivity index (χ1v) is 13.8. The number of anilines is 1. The molecule has 1 fully saturated rings. The van der Waals surface area contributed by atoms with E-state index in [9.17, 15) is 14.7 Å². The Kier molecular flexibility index (Phi) is 7.80. The summed E-state index contributed by atoms with van der Waals surface area (Å²) in [4.78, 5) is 29.7. The van der Waals surface area contributed by atoms with Crippen LogP contribution in [0.5, 0.6) is 11.6 Å². The Morgan fingerprint density at radius 2 is 1.87 bits per heavy atom. The fourth-order valence-electron chi connectivity index (χ4n) is 4.42. The van der Waals surface area contributed by atoms with E-state index in [0.29, 0.717) is 28.8 Å². The van der Waals surface area contributed by atoms with Crippen LogP contribution in [0.3, 0.4) is 0 Å². The summed E-state index contributed by atoms with van der Waals surface area (Å²) in [5, 5.41) is 14.5. The Balaban J connectivity index is 1.50. The molecule has 1 aliphatic carbocycles. The number of aromatic nitrogens is 2. The van der Waals surface area contributed by atoms with Crippen molar-refractivity contribution in [2.24, 2.45) is 5.92 Å². The van der Waals surface area contributed by atoms with E-state index < -0.39 is 23.6 Å². The van der Waals surface area contributed by atoms with Crippen LogP contribution in [0.15, 0.2) is 77.6 Å². The lowest BCUT2D eigenvalue weighted by Gasteiger charge is -2.25. The summed E-state index contributed by atoms with van der Waals surface area (Å²) in [6.45, 7) is 2.54. The second-order valence-corrected chi connectivity index (χ2v) is 11.2. The van der Waals surface area contributed by atoms with Gasteiger partial charge in [-0.2, -0.15) is 0 Å². The third kappa shape index (κ3) is 5.76. The number of carbonyl (C=O) groups is 1. The van der Waals surface area contributed by atoms with Gasteiger partial charge in [0.1, 0.15) is 17.5 Å². The van der Waals surface area contributed by atoms with E-state index in [-0.39, 0.29) is 11.6 Å². The molecule has 1 heterocycles. The topological polar surface area (TPSA) is 96.3 Å². The highest BCUT2D eigenvalue weighted by molar-refractivity contribution is 14.1. The van der Waals surface area contributed by atoms with Crippen molar-refractivity contribution in [3.63, 3.8) is 0 Å². The normalized spacial score (nSPS) is 14.6. The number of aromatic hydroxyl groups is 1. The molecule has 0 radical (unpaired) electrons. The summed E-state index contributed by atoms with van der Waals surface area (Å²) in [6.07, 6.45) is 2.40. The molecule has 0 spiro atoms. The zero-order chi connectivity index (χ0) is 26.8. The van der Waals surface area contributed by atoms with Crippen LogP contribution < -0.4 is 15.7 Å². The highest BCUT2D eigenvalue weighted by atomic mass is 127. The van der Waals surface area contributed by atoms with Gasteiger partial charge in [0, 0.05) is 15.1 Å². The van der Waals surface area contributed by atoms with Gasteiger partial charge in [-0.15, -0.1) is 0 Å². The number of nitrogens with zero attached hydrogens (tertiary/aromatic N) is 1. The number of halogens is 2. The molecule has 196 valence electrons. The molecule has 1 saturated carbocycles. The quantitative estimate of drug-likeness (QED) is 0.180. The maximum Gasteiger partial charge on any atom is 0.329 e. The van der Waals surface area contributed by atoms with Crippen molar-refractivity contribution in [2.45, 2.75) is 31.7 Å². The molecular weight excluding hydrogens is 617 g/mol. The molecule has 38 heavy (non-hydrogen) atoms. The molecule has 0 bridgehead atoms. The summed E-state index contributed by atoms with van der Waals surface area (Å²) in [6, 6.07) is 20.8. The van der Waals surface area contributed by atoms with Gasteiger partial charge in [-0.1, -0.05) is 48.9 Å². The molecule has 2 atom stereocenters. The van der Waals surface area contributed by atoms with E-state index in [1.807, 2.05) is 55.5 Å². The second-order valence-electron chi connectivity index (χ2n) is 9.54. The average molecular weight is 644 g/mol. The minimum atomic E-state index is -1.06. The van der Waals surface area contributed by atoms with Crippen molar-refractivity contribution in [3.8, 4) is 22.9 Å². The van der Waals surface area contributed by atoms with Crippen LogP contribution in [-0.2, 0) is 4.79 Å². The third-order valence-electron chi connectivity index (χ3n) is 6.76. The van der Waals surface area contributed by atoms with Gasteiger partial charge in [0.05, 0.1) is 17.3 Å². The van der Waals surface area contributed by atoms with Crippen LogP contribution in [-0.4, -0.2) is 27.2 Å². The average Bonchev–Trinajstić information content (AvgIpc) is 3.70. The van der Waals surface area contributed by atoms with Crippen molar-refractivity contribution in [3.05, 3.63) is 97.4 Å². The van der Waals surface area contributed by atoms with Gasteiger partial charge in [-0.3, -0.25) is 4.79 Å². The Hall–Kier alpha value is -3.24. The van der Waals surface area contributed by atoms with Gasteiger partial charge in [0.15, 0.2) is 0 Å². The smallest absolute Gasteiger partial charge is 0.329 e. The number of carbonyl (C=O) groups excluding carboxylic acids is 1. The Labute approximate surface area is 239 Å². The van der Waals surface area contributed by atoms with Gasteiger partial charge >= 0.3 is 5.69 Å². The predicted molar refractivity (Wildman–Crippen MR) is 157 cm³/mol. The van der Waals surface area contributed by atoms with Crippen LogP contribution in [0, 0.1) is 9.49 Å². The Morgan fingerprint density at radius 1 is 1.16 bits per heavy atom. The Morgan fingerprint density at radius 3 is 2.53 bits per heavy atom. The SMILES string of the molecule is C[C@@H](c1ccccc1)[C@@H](C(=O)Nc1ccc(I)cc1Cl)n1c(O)c(-c2ccc(OCC3CC3)cc2)[nH]c1=O. The lowest BCUT2D eigenvalue weighted by molar-refractivity contribution is -0.120. The molecule has 0 unspecified atom stereocenters. The molecule has 0 saturated heterocycles. The van der Waals surface area contributed by atoms with E-state index in [2.05, 4.69) is 32.9 Å². The van der Waals surface area contributed by atoms with Crippen LogP contribution in [0.1, 0.15) is 37.3 Å².